The summed E-state index contributed by atoms with van der Waals surface area (Å²) in [5.41, 5.74) is 1.13. The molecule has 0 saturated heterocycles. The van der Waals surface area contributed by atoms with Crippen molar-refractivity contribution in [1.82, 2.24) is 5.32 Å². The van der Waals surface area contributed by atoms with Gasteiger partial charge in [0.05, 0.1) is 5.75 Å². The molecule has 0 bridgehead atoms. The Labute approximate surface area is 91.4 Å². The lowest BCUT2D eigenvalue weighted by atomic mass is 10.1. The molecule has 0 aliphatic carbocycles. The SMILES string of the molecule is CNC(CCS(C)(=O)=O)c1ccccc1. The maximum atomic E-state index is 11.1. The predicted octanol–water partition coefficient (Wildman–Crippen LogP) is 1.38. The van der Waals surface area contributed by atoms with Crippen LogP contribution in [0.1, 0.15) is 18.0 Å². The van der Waals surface area contributed by atoms with Gasteiger partial charge in [-0.05, 0) is 19.0 Å². The first-order valence-corrected chi connectivity index (χ1v) is 6.99. The third kappa shape index (κ3) is 4.44. The monoisotopic (exact) mass is 227 g/mol. The molecule has 15 heavy (non-hydrogen) atoms. The maximum Gasteiger partial charge on any atom is 0.147 e. The average Bonchev–Trinajstić information content (AvgIpc) is 2.19. The molecule has 3 nitrogen and oxygen atoms in total. The second-order valence-corrected chi connectivity index (χ2v) is 5.93. The van der Waals surface area contributed by atoms with E-state index in [0.29, 0.717) is 6.42 Å². The average molecular weight is 227 g/mol. The highest BCUT2D eigenvalue weighted by molar-refractivity contribution is 7.90. The molecule has 0 fully saturated rings. The zero-order chi connectivity index (χ0) is 11.3. The fourth-order valence-corrected chi connectivity index (χ4v) is 2.16. The molecule has 1 unspecified atom stereocenters. The van der Waals surface area contributed by atoms with E-state index in [-0.39, 0.29) is 11.8 Å². The van der Waals surface area contributed by atoms with Gasteiger partial charge in [-0.3, -0.25) is 0 Å². The number of hydrogen-bond acceptors (Lipinski definition) is 3. The molecule has 0 radical (unpaired) electrons. The lowest BCUT2D eigenvalue weighted by Crippen LogP contribution is -2.19. The second kappa shape index (κ2) is 5.28. The van der Waals surface area contributed by atoms with Crippen molar-refractivity contribution in [2.75, 3.05) is 19.1 Å². The summed E-state index contributed by atoms with van der Waals surface area (Å²) in [6, 6.07) is 9.99. The summed E-state index contributed by atoms with van der Waals surface area (Å²) in [6.07, 6.45) is 1.88. The van der Waals surface area contributed by atoms with Gasteiger partial charge in [0.1, 0.15) is 9.84 Å². The van der Waals surface area contributed by atoms with Crippen molar-refractivity contribution in [3.05, 3.63) is 35.9 Å². The van der Waals surface area contributed by atoms with Crippen molar-refractivity contribution in [1.29, 1.82) is 0 Å². The first-order valence-electron chi connectivity index (χ1n) is 4.93. The van der Waals surface area contributed by atoms with Gasteiger partial charge in [0.2, 0.25) is 0 Å². The number of nitrogens with one attached hydrogen (secondary N) is 1. The van der Waals surface area contributed by atoms with Crippen molar-refractivity contribution in [3.8, 4) is 0 Å². The van der Waals surface area contributed by atoms with Crippen LogP contribution in [-0.2, 0) is 9.84 Å². The van der Waals surface area contributed by atoms with Crippen LogP contribution in [0.25, 0.3) is 0 Å². The Balaban J connectivity index is 2.66. The van der Waals surface area contributed by atoms with Gasteiger partial charge in [-0.15, -0.1) is 0 Å². The Morgan fingerprint density at radius 2 is 1.87 bits per heavy atom. The summed E-state index contributed by atoms with van der Waals surface area (Å²) in [7, 11) is -1.03. The number of rotatable bonds is 5. The Bertz CT molecular complexity index is 386. The minimum Gasteiger partial charge on any atom is -0.313 e. The summed E-state index contributed by atoms with van der Waals surface area (Å²) in [5, 5.41) is 3.13. The van der Waals surface area contributed by atoms with E-state index >= 15 is 0 Å². The molecule has 0 heterocycles. The Kier molecular flexibility index (Phi) is 4.29. The maximum absolute atomic E-state index is 11.1. The molecule has 1 aromatic rings. The molecule has 4 heteroatoms. The highest BCUT2D eigenvalue weighted by Gasteiger charge is 2.11. The van der Waals surface area contributed by atoms with Crippen LogP contribution in [0.2, 0.25) is 0 Å². The molecule has 1 rings (SSSR count). The third-order valence-corrected chi connectivity index (χ3v) is 3.31. The highest BCUT2D eigenvalue weighted by atomic mass is 32.2. The minimum atomic E-state index is -2.88. The van der Waals surface area contributed by atoms with E-state index in [9.17, 15) is 8.42 Å². The predicted molar refractivity (Wildman–Crippen MR) is 62.6 cm³/mol. The largest absolute Gasteiger partial charge is 0.313 e. The molecular formula is C11H17NO2S. The molecule has 0 aliphatic heterocycles. The van der Waals surface area contributed by atoms with E-state index in [2.05, 4.69) is 5.32 Å². The molecule has 1 atom stereocenters. The number of benzene rings is 1. The second-order valence-electron chi connectivity index (χ2n) is 3.67. The van der Waals surface area contributed by atoms with Crippen LogP contribution in [0.4, 0.5) is 0 Å². The highest BCUT2D eigenvalue weighted by Crippen LogP contribution is 2.16. The van der Waals surface area contributed by atoms with Crippen LogP contribution < -0.4 is 5.32 Å². The van der Waals surface area contributed by atoms with E-state index < -0.39 is 9.84 Å². The van der Waals surface area contributed by atoms with Crippen molar-refractivity contribution < 1.29 is 8.42 Å². The zero-order valence-corrected chi connectivity index (χ0v) is 9.92. The summed E-state index contributed by atoms with van der Waals surface area (Å²) in [5.74, 6) is 0.216. The molecule has 0 spiro atoms. The van der Waals surface area contributed by atoms with Gasteiger partial charge < -0.3 is 5.32 Å². The Morgan fingerprint density at radius 3 is 2.33 bits per heavy atom. The van der Waals surface area contributed by atoms with Gasteiger partial charge in [0, 0.05) is 12.3 Å². The van der Waals surface area contributed by atoms with Gasteiger partial charge in [-0.2, -0.15) is 0 Å². The fourth-order valence-electron chi connectivity index (χ4n) is 1.49. The Hall–Kier alpha value is -0.870. The van der Waals surface area contributed by atoms with Gasteiger partial charge in [-0.1, -0.05) is 30.3 Å². The topological polar surface area (TPSA) is 46.2 Å². The Morgan fingerprint density at radius 1 is 1.27 bits per heavy atom. The third-order valence-electron chi connectivity index (χ3n) is 2.33. The fraction of sp³-hybridized carbons (Fsp3) is 0.455. The smallest absolute Gasteiger partial charge is 0.147 e. The van der Waals surface area contributed by atoms with Crippen LogP contribution in [0.15, 0.2) is 30.3 Å². The van der Waals surface area contributed by atoms with E-state index in [1.807, 2.05) is 37.4 Å². The van der Waals surface area contributed by atoms with Crippen LogP contribution in [0.5, 0.6) is 0 Å². The molecule has 1 N–H and O–H groups in total. The lowest BCUT2D eigenvalue weighted by Gasteiger charge is -2.15. The summed E-state index contributed by atoms with van der Waals surface area (Å²) in [6.45, 7) is 0. The first-order chi connectivity index (χ1) is 7.03. The van der Waals surface area contributed by atoms with Crippen molar-refractivity contribution in [2.45, 2.75) is 12.5 Å². The standard InChI is InChI=1S/C11H17NO2S/c1-12-11(8-9-15(2,13)14)10-6-4-3-5-7-10/h3-7,11-12H,8-9H2,1-2H3. The molecule has 1 aromatic carbocycles. The van der Waals surface area contributed by atoms with Crippen LogP contribution in [0, 0.1) is 0 Å². The van der Waals surface area contributed by atoms with Gasteiger partial charge in [-0.25, -0.2) is 8.42 Å². The van der Waals surface area contributed by atoms with E-state index in [0.717, 1.165) is 5.56 Å². The summed E-state index contributed by atoms with van der Waals surface area (Å²) >= 11 is 0. The van der Waals surface area contributed by atoms with Crippen molar-refractivity contribution in [2.24, 2.45) is 0 Å². The van der Waals surface area contributed by atoms with Gasteiger partial charge in [0.15, 0.2) is 0 Å². The van der Waals surface area contributed by atoms with Crippen LogP contribution >= 0.6 is 0 Å². The molecule has 84 valence electrons. The quantitative estimate of drug-likeness (QED) is 0.826. The van der Waals surface area contributed by atoms with Gasteiger partial charge in [0.25, 0.3) is 0 Å². The van der Waals surface area contributed by atoms with Gasteiger partial charge >= 0.3 is 0 Å². The van der Waals surface area contributed by atoms with E-state index in [1.54, 1.807) is 0 Å². The molecule has 0 saturated carbocycles. The lowest BCUT2D eigenvalue weighted by molar-refractivity contribution is 0.559. The van der Waals surface area contributed by atoms with Crippen molar-refractivity contribution in [3.63, 3.8) is 0 Å². The van der Waals surface area contributed by atoms with E-state index in [4.69, 9.17) is 0 Å². The number of hydrogen-bond donors (Lipinski definition) is 1. The molecular weight excluding hydrogens is 210 g/mol. The number of sulfone groups is 1. The van der Waals surface area contributed by atoms with E-state index in [1.165, 1.54) is 6.26 Å². The molecule has 0 amide bonds. The molecule has 0 aliphatic rings. The van der Waals surface area contributed by atoms with Crippen LogP contribution in [-0.4, -0.2) is 27.5 Å². The van der Waals surface area contributed by atoms with Crippen LogP contribution in [0.3, 0.4) is 0 Å². The van der Waals surface area contributed by atoms with Crippen molar-refractivity contribution >= 4 is 9.84 Å². The molecule has 0 aromatic heterocycles. The zero-order valence-electron chi connectivity index (χ0n) is 9.10. The minimum absolute atomic E-state index is 0.112. The summed E-state index contributed by atoms with van der Waals surface area (Å²) < 4.78 is 22.1. The summed E-state index contributed by atoms with van der Waals surface area (Å²) in [4.78, 5) is 0. The first kappa shape index (κ1) is 12.2. The normalized spacial score (nSPS) is 13.7.